The SMILES string of the molecule is O=C1CC[C@@H](N2C(=O)c3cc4c(cc3C2=O)CN(CC(=O)N2CCC3(CC2)CCN(c2cnc([C@@H]5c6ccc(O)cc6CC[C@@H]5c5ccccc5)cn2)CC3)C4)C(=O)N1. The number of piperidine rings is 3. The molecule has 3 aromatic carbocycles. The Morgan fingerprint density at radius 3 is 2.14 bits per heavy atom. The zero-order valence-electron chi connectivity index (χ0n) is 32.9. The molecule has 13 heteroatoms. The summed E-state index contributed by atoms with van der Waals surface area (Å²) in [7, 11) is 0. The van der Waals surface area contributed by atoms with Crippen LogP contribution in [-0.2, 0) is 33.9 Å². The Morgan fingerprint density at radius 2 is 1.47 bits per heavy atom. The van der Waals surface area contributed by atoms with Crippen LogP contribution in [0.1, 0.15) is 111 Å². The molecule has 302 valence electrons. The number of hydrogen-bond donors (Lipinski definition) is 2. The highest BCUT2D eigenvalue weighted by molar-refractivity contribution is 6.23. The van der Waals surface area contributed by atoms with Crippen molar-refractivity contribution in [2.45, 2.75) is 82.3 Å². The van der Waals surface area contributed by atoms with E-state index in [1.54, 1.807) is 18.2 Å². The van der Waals surface area contributed by atoms with Gasteiger partial charge < -0.3 is 14.9 Å². The minimum absolute atomic E-state index is 0.0543. The molecular weight excluding hydrogens is 747 g/mol. The van der Waals surface area contributed by atoms with Gasteiger partial charge in [-0.2, -0.15) is 0 Å². The molecular formula is C46H47N7O6. The van der Waals surface area contributed by atoms with Crippen molar-refractivity contribution < 1.29 is 29.1 Å². The third-order valence-corrected chi connectivity index (χ3v) is 14.0. The summed E-state index contributed by atoms with van der Waals surface area (Å²) in [6.45, 7) is 4.50. The molecule has 5 aliphatic heterocycles. The number of phenols is 1. The van der Waals surface area contributed by atoms with E-state index in [1.807, 2.05) is 23.4 Å². The Hall–Kier alpha value is -5.95. The summed E-state index contributed by atoms with van der Waals surface area (Å²) in [6.07, 6.45) is 9.98. The van der Waals surface area contributed by atoms with Gasteiger partial charge in [0.05, 0.1) is 35.8 Å². The maximum Gasteiger partial charge on any atom is 0.262 e. The summed E-state index contributed by atoms with van der Waals surface area (Å²) in [5.41, 5.74) is 7.18. The van der Waals surface area contributed by atoms with Crippen molar-refractivity contribution in [1.29, 1.82) is 0 Å². The van der Waals surface area contributed by atoms with Crippen molar-refractivity contribution in [1.82, 2.24) is 30.0 Å². The van der Waals surface area contributed by atoms with Gasteiger partial charge in [-0.1, -0.05) is 36.4 Å². The molecule has 2 N–H and O–H groups in total. The summed E-state index contributed by atoms with van der Waals surface area (Å²) in [4.78, 5) is 81.7. The highest BCUT2D eigenvalue weighted by Gasteiger charge is 2.46. The van der Waals surface area contributed by atoms with Gasteiger partial charge in [0, 0.05) is 51.6 Å². The number of anilines is 1. The molecule has 4 aromatic rings. The zero-order chi connectivity index (χ0) is 40.4. The molecule has 1 spiro atoms. The molecule has 0 radical (unpaired) electrons. The lowest BCUT2D eigenvalue weighted by atomic mass is 9.70. The molecule has 1 aliphatic carbocycles. The number of likely N-dealkylation sites (tertiary alicyclic amines) is 1. The normalized spacial score (nSPS) is 23.9. The average molecular weight is 794 g/mol. The molecule has 3 fully saturated rings. The largest absolute Gasteiger partial charge is 0.508 e. The molecule has 0 bridgehead atoms. The lowest BCUT2D eigenvalue weighted by Crippen LogP contribution is -2.54. The first-order valence-electron chi connectivity index (χ1n) is 20.9. The van der Waals surface area contributed by atoms with Crippen LogP contribution >= 0.6 is 0 Å². The fraction of sp³-hybridized carbons (Fsp3) is 0.413. The van der Waals surface area contributed by atoms with Gasteiger partial charge in [0.15, 0.2) is 0 Å². The maximum absolute atomic E-state index is 13.6. The molecule has 0 unspecified atom stereocenters. The minimum atomic E-state index is -0.995. The molecule has 13 nitrogen and oxygen atoms in total. The Morgan fingerprint density at radius 1 is 0.780 bits per heavy atom. The van der Waals surface area contributed by atoms with Crippen molar-refractivity contribution >= 4 is 35.4 Å². The number of hydrogen-bond acceptors (Lipinski definition) is 10. The number of carbonyl (C=O) groups is 5. The van der Waals surface area contributed by atoms with E-state index in [0.29, 0.717) is 18.8 Å². The number of phenolic OH excluding ortho intramolecular Hbond substituents is 1. The van der Waals surface area contributed by atoms with E-state index >= 15 is 0 Å². The number of aromatic nitrogens is 2. The van der Waals surface area contributed by atoms with Crippen LogP contribution in [0.15, 0.2) is 73.1 Å². The number of aromatic hydroxyl groups is 1. The maximum atomic E-state index is 13.6. The number of nitrogens with one attached hydrogen (secondary N) is 1. The van der Waals surface area contributed by atoms with E-state index in [2.05, 4.69) is 51.5 Å². The Bertz CT molecular complexity index is 2320. The number of benzene rings is 3. The smallest absolute Gasteiger partial charge is 0.262 e. The third kappa shape index (κ3) is 6.74. The lowest BCUT2D eigenvalue weighted by Gasteiger charge is -2.47. The van der Waals surface area contributed by atoms with Crippen LogP contribution in [0, 0.1) is 5.41 Å². The van der Waals surface area contributed by atoms with Crippen molar-refractivity contribution in [3.63, 3.8) is 0 Å². The summed E-state index contributed by atoms with van der Waals surface area (Å²) >= 11 is 0. The highest BCUT2D eigenvalue weighted by Crippen LogP contribution is 2.47. The summed E-state index contributed by atoms with van der Waals surface area (Å²) in [5.74, 6) is -0.450. The zero-order valence-corrected chi connectivity index (χ0v) is 32.9. The van der Waals surface area contributed by atoms with Crippen LogP contribution in [0.5, 0.6) is 5.75 Å². The molecule has 6 aliphatic rings. The number of carbonyl (C=O) groups excluding carboxylic acids is 5. The Labute approximate surface area is 342 Å². The van der Waals surface area contributed by atoms with Gasteiger partial charge in [-0.25, -0.2) is 4.98 Å². The van der Waals surface area contributed by atoms with Crippen molar-refractivity contribution in [2.24, 2.45) is 5.41 Å². The predicted molar refractivity (Wildman–Crippen MR) is 216 cm³/mol. The van der Waals surface area contributed by atoms with E-state index in [9.17, 15) is 29.1 Å². The second-order valence-corrected chi connectivity index (χ2v) is 17.3. The quantitative estimate of drug-likeness (QED) is 0.263. The number of fused-ring (bicyclic) bond motifs is 3. The van der Waals surface area contributed by atoms with Crippen molar-refractivity contribution in [2.75, 3.05) is 37.6 Å². The van der Waals surface area contributed by atoms with Crippen LogP contribution in [0.3, 0.4) is 0 Å². The van der Waals surface area contributed by atoms with Gasteiger partial charge in [-0.15, -0.1) is 0 Å². The first kappa shape index (κ1) is 37.3. The Balaban J connectivity index is 0.732. The van der Waals surface area contributed by atoms with Crippen LogP contribution in [0.25, 0.3) is 0 Å². The van der Waals surface area contributed by atoms with Crippen LogP contribution in [0.4, 0.5) is 5.82 Å². The first-order chi connectivity index (χ1) is 28.6. The number of imide groups is 2. The van der Waals surface area contributed by atoms with Gasteiger partial charge in [0.1, 0.15) is 17.6 Å². The van der Waals surface area contributed by atoms with Gasteiger partial charge in [0.2, 0.25) is 17.7 Å². The fourth-order valence-electron chi connectivity index (χ4n) is 10.7. The molecule has 59 heavy (non-hydrogen) atoms. The summed E-state index contributed by atoms with van der Waals surface area (Å²) < 4.78 is 0. The van der Waals surface area contributed by atoms with E-state index < -0.39 is 29.7 Å². The molecule has 5 amide bonds. The summed E-state index contributed by atoms with van der Waals surface area (Å²) in [6, 6.07) is 18.8. The van der Waals surface area contributed by atoms with Gasteiger partial charge in [0.25, 0.3) is 11.8 Å². The minimum Gasteiger partial charge on any atom is -0.508 e. The topological polar surface area (TPSA) is 156 Å². The van der Waals surface area contributed by atoms with E-state index in [0.717, 1.165) is 92.2 Å². The van der Waals surface area contributed by atoms with Gasteiger partial charge in [-0.05, 0) is 108 Å². The Kier molecular flexibility index (Phi) is 9.30. The fourth-order valence-corrected chi connectivity index (χ4v) is 10.7. The second-order valence-electron chi connectivity index (χ2n) is 17.3. The standard InChI is InChI=1S/C46H47N7O6/c54-32-7-9-34-29(20-32)6-8-33(28-4-2-1-3-5-28)42(34)37-23-48-39(24-47-37)51-16-12-46(13-17-51)14-18-52(19-15-46)41(56)27-50-25-30-21-35-36(22-31(30)26-50)45(59)53(44(35)58)38-10-11-40(55)49-43(38)57/h1-5,7,9,20-24,33,38,42,54H,6,8,10-19,25-27H2,(H,49,55,57)/t33-,38-,42+/m1/s1. The third-order valence-electron chi connectivity index (χ3n) is 14.0. The number of rotatable bonds is 6. The van der Waals surface area contributed by atoms with Crippen LogP contribution in [-0.4, -0.2) is 98.1 Å². The molecule has 1 aromatic heterocycles. The molecule has 0 saturated carbocycles. The highest BCUT2D eigenvalue weighted by atomic mass is 16.3. The second kappa shape index (κ2) is 14.7. The van der Waals surface area contributed by atoms with Gasteiger partial charge in [-0.3, -0.25) is 44.1 Å². The van der Waals surface area contributed by atoms with E-state index in [4.69, 9.17) is 9.97 Å². The van der Waals surface area contributed by atoms with Crippen LogP contribution in [0.2, 0.25) is 0 Å². The molecule has 6 heterocycles. The summed E-state index contributed by atoms with van der Waals surface area (Å²) in [5, 5.41) is 12.4. The average Bonchev–Trinajstić information content (AvgIpc) is 3.75. The van der Waals surface area contributed by atoms with E-state index in [-0.39, 0.29) is 53.7 Å². The first-order valence-corrected chi connectivity index (χ1v) is 20.9. The number of aryl methyl sites for hydroxylation is 1. The number of amides is 5. The van der Waals surface area contributed by atoms with Crippen molar-refractivity contribution in [3.8, 4) is 5.75 Å². The van der Waals surface area contributed by atoms with E-state index in [1.165, 1.54) is 16.7 Å². The lowest BCUT2D eigenvalue weighted by molar-refractivity contribution is -0.137. The monoisotopic (exact) mass is 793 g/mol. The number of nitrogens with zero attached hydrogens (tertiary/aromatic N) is 6. The molecule has 3 saturated heterocycles. The van der Waals surface area contributed by atoms with Crippen molar-refractivity contribution in [3.05, 3.63) is 118 Å². The van der Waals surface area contributed by atoms with Gasteiger partial charge >= 0.3 is 0 Å². The molecule has 3 atom stereocenters. The molecule has 10 rings (SSSR count). The van der Waals surface area contributed by atoms with Crippen LogP contribution < -0.4 is 10.2 Å². The predicted octanol–water partition coefficient (Wildman–Crippen LogP) is 4.67.